The van der Waals surface area contributed by atoms with Gasteiger partial charge in [-0.1, -0.05) is 196 Å². The van der Waals surface area contributed by atoms with Crippen molar-refractivity contribution in [2.45, 2.75) is 19.3 Å². The predicted molar refractivity (Wildman–Crippen MR) is 218 cm³/mol. The van der Waals surface area contributed by atoms with Crippen LogP contribution in [0.3, 0.4) is 0 Å². The first-order valence-electron chi connectivity index (χ1n) is 17.9. The molecule has 0 unspecified atom stereocenters. The van der Waals surface area contributed by atoms with Crippen LogP contribution in [0, 0.1) is 0 Å². The van der Waals surface area contributed by atoms with E-state index in [0.717, 1.165) is 0 Å². The molecule has 0 aromatic heterocycles. The Hall–Kier alpha value is -6.24. The van der Waals surface area contributed by atoms with Crippen molar-refractivity contribution in [3.8, 4) is 55.6 Å². The number of benzene rings is 9. The Morgan fingerprint density at radius 3 is 1.31 bits per heavy atom. The van der Waals surface area contributed by atoms with E-state index in [4.69, 9.17) is 0 Å². The number of rotatable bonds is 4. The first kappa shape index (κ1) is 29.7. The molecule has 0 nitrogen and oxygen atoms in total. The average Bonchev–Trinajstić information content (AvgIpc) is 3.44. The molecule has 0 amide bonds. The van der Waals surface area contributed by atoms with Gasteiger partial charge < -0.3 is 0 Å². The molecule has 0 fully saturated rings. The molecule has 0 bridgehead atoms. The fourth-order valence-electron chi connectivity index (χ4n) is 8.82. The van der Waals surface area contributed by atoms with Crippen molar-refractivity contribution < 1.29 is 0 Å². The Morgan fingerprint density at radius 1 is 0.275 bits per heavy atom. The van der Waals surface area contributed by atoms with Crippen LogP contribution in [-0.2, 0) is 5.41 Å². The summed E-state index contributed by atoms with van der Waals surface area (Å²) in [6.07, 6.45) is 0. The van der Waals surface area contributed by atoms with E-state index in [2.05, 4.69) is 196 Å². The minimum absolute atomic E-state index is 0.0634. The Labute approximate surface area is 299 Å². The van der Waals surface area contributed by atoms with Crippen LogP contribution in [0.2, 0.25) is 0 Å². The van der Waals surface area contributed by atoms with Gasteiger partial charge >= 0.3 is 0 Å². The zero-order valence-electron chi connectivity index (χ0n) is 28.8. The minimum atomic E-state index is -0.0634. The maximum absolute atomic E-state index is 2.37. The van der Waals surface area contributed by atoms with Crippen molar-refractivity contribution >= 4 is 32.3 Å². The molecule has 1 aliphatic carbocycles. The van der Waals surface area contributed by atoms with Gasteiger partial charge in [0.15, 0.2) is 0 Å². The zero-order valence-corrected chi connectivity index (χ0v) is 28.8. The second-order valence-electron chi connectivity index (χ2n) is 14.4. The molecular formula is C51H36. The second kappa shape index (κ2) is 11.4. The molecule has 0 radical (unpaired) electrons. The van der Waals surface area contributed by atoms with E-state index < -0.39 is 0 Å². The fraction of sp³-hybridized carbons (Fsp3) is 0.0588. The summed E-state index contributed by atoms with van der Waals surface area (Å²) in [6.45, 7) is 4.74. The van der Waals surface area contributed by atoms with Gasteiger partial charge in [0.1, 0.15) is 0 Å². The minimum Gasteiger partial charge on any atom is -0.0622 e. The molecule has 51 heavy (non-hydrogen) atoms. The van der Waals surface area contributed by atoms with Gasteiger partial charge in [-0.2, -0.15) is 0 Å². The van der Waals surface area contributed by atoms with Gasteiger partial charge in [0, 0.05) is 5.41 Å². The Kier molecular flexibility index (Phi) is 6.63. The van der Waals surface area contributed by atoms with Crippen molar-refractivity contribution in [1.82, 2.24) is 0 Å². The summed E-state index contributed by atoms with van der Waals surface area (Å²) in [6, 6.07) is 67.2. The van der Waals surface area contributed by atoms with Crippen LogP contribution in [0.4, 0.5) is 0 Å². The van der Waals surface area contributed by atoms with Gasteiger partial charge in [-0.3, -0.25) is 0 Å². The Morgan fingerprint density at radius 2 is 0.725 bits per heavy atom. The standard InChI is InChI=1S/C51H36/c1-51(2)45-22-12-21-40(49(45)50-39-16-7-6-15-35(39)31-32-46(50)51)36-25-29-38(30-26-36)48-43-19-10-8-17-41(43)47(42-18-9-11-20-44(42)48)37-27-23-34(24-28-37)33-13-4-3-5-14-33/h3-32H,1-2H3. The third-order valence-electron chi connectivity index (χ3n) is 11.3. The van der Waals surface area contributed by atoms with Crippen LogP contribution in [0.5, 0.6) is 0 Å². The highest BCUT2D eigenvalue weighted by Gasteiger charge is 2.37. The third kappa shape index (κ3) is 4.53. The summed E-state index contributed by atoms with van der Waals surface area (Å²) in [4.78, 5) is 0. The molecular weight excluding hydrogens is 613 g/mol. The van der Waals surface area contributed by atoms with E-state index in [0.29, 0.717) is 0 Å². The maximum Gasteiger partial charge on any atom is 0.0159 e. The molecule has 0 aliphatic heterocycles. The lowest BCUT2D eigenvalue weighted by molar-refractivity contribution is 0.661. The smallest absolute Gasteiger partial charge is 0.0159 e. The van der Waals surface area contributed by atoms with E-state index >= 15 is 0 Å². The molecule has 240 valence electrons. The summed E-state index contributed by atoms with van der Waals surface area (Å²) >= 11 is 0. The first-order chi connectivity index (χ1) is 25.1. The monoisotopic (exact) mass is 648 g/mol. The van der Waals surface area contributed by atoms with Gasteiger partial charge in [-0.05, 0) is 99.1 Å². The quantitative estimate of drug-likeness (QED) is 0.167. The molecule has 0 heterocycles. The van der Waals surface area contributed by atoms with Gasteiger partial charge in [-0.25, -0.2) is 0 Å². The van der Waals surface area contributed by atoms with Crippen LogP contribution < -0.4 is 0 Å². The number of fused-ring (bicyclic) bond motifs is 7. The molecule has 1 aliphatic rings. The largest absolute Gasteiger partial charge is 0.0622 e. The highest BCUT2D eigenvalue weighted by molar-refractivity contribution is 6.21. The van der Waals surface area contributed by atoms with Crippen molar-refractivity contribution in [3.05, 3.63) is 193 Å². The summed E-state index contributed by atoms with van der Waals surface area (Å²) in [7, 11) is 0. The Balaban J connectivity index is 1.13. The predicted octanol–water partition coefficient (Wildman–Crippen LogP) is 14.1. The Bertz CT molecular complexity index is 2730. The normalized spacial score (nSPS) is 13.1. The lowest BCUT2D eigenvalue weighted by Gasteiger charge is -2.21. The average molecular weight is 649 g/mol. The van der Waals surface area contributed by atoms with Gasteiger partial charge in [0.2, 0.25) is 0 Å². The van der Waals surface area contributed by atoms with Gasteiger partial charge in [0.05, 0.1) is 0 Å². The molecule has 0 spiro atoms. The fourth-order valence-corrected chi connectivity index (χ4v) is 8.82. The van der Waals surface area contributed by atoms with E-state index in [-0.39, 0.29) is 5.41 Å². The third-order valence-corrected chi connectivity index (χ3v) is 11.3. The molecule has 10 rings (SSSR count). The molecule has 0 N–H and O–H groups in total. The van der Waals surface area contributed by atoms with E-state index in [9.17, 15) is 0 Å². The highest BCUT2D eigenvalue weighted by atomic mass is 14.4. The topological polar surface area (TPSA) is 0 Å². The van der Waals surface area contributed by atoms with Crippen molar-refractivity contribution in [3.63, 3.8) is 0 Å². The molecule has 0 saturated heterocycles. The van der Waals surface area contributed by atoms with Crippen molar-refractivity contribution in [1.29, 1.82) is 0 Å². The van der Waals surface area contributed by atoms with Crippen LogP contribution in [0.15, 0.2) is 182 Å². The second-order valence-corrected chi connectivity index (χ2v) is 14.4. The summed E-state index contributed by atoms with van der Waals surface area (Å²) in [5.74, 6) is 0. The van der Waals surface area contributed by atoms with Gasteiger partial charge in [0.25, 0.3) is 0 Å². The number of hydrogen-bond donors (Lipinski definition) is 0. The molecule has 0 heteroatoms. The summed E-state index contributed by atoms with van der Waals surface area (Å²) in [5, 5.41) is 7.71. The van der Waals surface area contributed by atoms with Crippen LogP contribution in [0.1, 0.15) is 25.0 Å². The van der Waals surface area contributed by atoms with Crippen LogP contribution >= 0.6 is 0 Å². The van der Waals surface area contributed by atoms with Crippen LogP contribution in [-0.4, -0.2) is 0 Å². The lowest BCUT2D eigenvalue weighted by Crippen LogP contribution is -2.14. The molecule has 9 aromatic rings. The zero-order chi connectivity index (χ0) is 34.1. The SMILES string of the molecule is CC1(C)c2cccc(-c3ccc(-c4c5ccccc5c(-c5ccc(-c6ccccc6)cc5)c5ccccc45)cc3)c2-c2c1ccc1ccccc21. The lowest BCUT2D eigenvalue weighted by atomic mass is 9.81. The van der Waals surface area contributed by atoms with E-state index in [1.54, 1.807) is 0 Å². The van der Waals surface area contributed by atoms with Crippen LogP contribution in [0.25, 0.3) is 88.0 Å². The highest BCUT2D eigenvalue weighted by Crippen LogP contribution is 2.54. The van der Waals surface area contributed by atoms with Crippen molar-refractivity contribution in [2.75, 3.05) is 0 Å². The number of hydrogen-bond acceptors (Lipinski definition) is 0. The van der Waals surface area contributed by atoms with E-state index in [1.807, 2.05) is 0 Å². The molecule has 9 aromatic carbocycles. The van der Waals surface area contributed by atoms with E-state index in [1.165, 1.54) is 99.1 Å². The summed E-state index contributed by atoms with van der Waals surface area (Å²) < 4.78 is 0. The molecule has 0 saturated carbocycles. The molecule has 0 atom stereocenters. The van der Waals surface area contributed by atoms with Gasteiger partial charge in [-0.15, -0.1) is 0 Å². The van der Waals surface area contributed by atoms with Crippen molar-refractivity contribution in [2.24, 2.45) is 0 Å². The summed E-state index contributed by atoms with van der Waals surface area (Å²) in [5.41, 5.74) is 15.6. The maximum atomic E-state index is 2.37. The first-order valence-corrected chi connectivity index (χ1v) is 17.9.